The van der Waals surface area contributed by atoms with Gasteiger partial charge in [0.1, 0.15) is 0 Å². The number of anilines is 2. The molecule has 0 spiro atoms. The molecule has 0 radical (unpaired) electrons. The van der Waals surface area contributed by atoms with Crippen LogP contribution in [0.3, 0.4) is 0 Å². The maximum absolute atomic E-state index is 12.9. The Bertz CT molecular complexity index is 1070. The summed E-state index contributed by atoms with van der Waals surface area (Å²) in [5.41, 5.74) is 3.34. The van der Waals surface area contributed by atoms with Crippen LogP contribution in [-0.2, 0) is 11.2 Å². The second kappa shape index (κ2) is 10.6. The number of halogens is 3. The number of fused-ring (bicyclic) bond motifs is 1. The highest BCUT2D eigenvalue weighted by Gasteiger charge is 2.27. The van der Waals surface area contributed by atoms with Crippen molar-refractivity contribution in [2.45, 2.75) is 6.42 Å². The number of carbonyl (C=O) groups excluding carboxylic acids is 1. The first kappa shape index (κ1) is 24.4. The third-order valence-corrected chi connectivity index (χ3v) is 6.14. The normalized spacial score (nSPS) is 15.7. The summed E-state index contributed by atoms with van der Waals surface area (Å²) in [5.74, 6) is 1.10. The van der Waals surface area contributed by atoms with Crippen molar-refractivity contribution in [3.8, 4) is 5.69 Å². The number of imidazole rings is 1. The quantitative estimate of drug-likeness (QED) is 0.548. The molecule has 0 aliphatic carbocycles. The van der Waals surface area contributed by atoms with E-state index in [1.165, 1.54) is 5.56 Å². The summed E-state index contributed by atoms with van der Waals surface area (Å²) in [6.07, 6.45) is 4.72. The first-order chi connectivity index (χ1) is 14.7. The zero-order valence-electron chi connectivity index (χ0n) is 17.6. The highest BCUT2D eigenvalue weighted by Crippen LogP contribution is 2.28. The summed E-state index contributed by atoms with van der Waals surface area (Å²) in [6, 6.07) is 16.0. The van der Waals surface area contributed by atoms with E-state index in [4.69, 9.17) is 11.6 Å². The Balaban J connectivity index is 0.00000144. The summed E-state index contributed by atoms with van der Waals surface area (Å²) in [6.45, 7) is 4.59. The van der Waals surface area contributed by atoms with Gasteiger partial charge < -0.3 is 9.80 Å². The van der Waals surface area contributed by atoms with E-state index in [2.05, 4.69) is 25.4 Å². The van der Waals surface area contributed by atoms with E-state index in [-0.39, 0.29) is 30.7 Å². The molecule has 9 heteroatoms. The molecule has 0 atom stereocenters. The monoisotopic (exact) mass is 493 g/mol. The van der Waals surface area contributed by atoms with Crippen LogP contribution in [0.2, 0.25) is 5.02 Å². The zero-order valence-corrected chi connectivity index (χ0v) is 20.0. The number of benzene rings is 2. The second-order valence-corrected chi connectivity index (χ2v) is 8.20. The van der Waals surface area contributed by atoms with Gasteiger partial charge in [-0.05, 0) is 36.2 Å². The maximum Gasteiger partial charge on any atom is 0.241 e. The van der Waals surface area contributed by atoms with Crippen molar-refractivity contribution in [3.05, 3.63) is 71.5 Å². The molecule has 3 aromatic rings. The lowest BCUT2D eigenvalue weighted by Crippen LogP contribution is -2.50. The molecule has 1 fully saturated rings. The molecule has 32 heavy (non-hydrogen) atoms. The van der Waals surface area contributed by atoms with Gasteiger partial charge in [0.25, 0.3) is 0 Å². The summed E-state index contributed by atoms with van der Waals surface area (Å²) in [4.78, 5) is 23.9. The smallest absolute Gasteiger partial charge is 0.241 e. The molecule has 1 saturated heterocycles. The number of amides is 1. The van der Waals surface area contributed by atoms with E-state index in [9.17, 15) is 4.79 Å². The molecule has 0 unspecified atom stereocenters. The molecule has 5 rings (SSSR count). The van der Waals surface area contributed by atoms with Crippen molar-refractivity contribution >= 4 is 54.0 Å². The predicted molar refractivity (Wildman–Crippen MR) is 134 cm³/mol. The SMILES string of the molecule is Cl.Cl.O=C(CN1CCN(c2nccn2-c2cccc(Cl)c2)CC1)N1CCc2ccccc21. The van der Waals surface area contributed by atoms with Gasteiger partial charge in [0.05, 0.1) is 6.54 Å². The van der Waals surface area contributed by atoms with Gasteiger partial charge in [0.2, 0.25) is 11.9 Å². The van der Waals surface area contributed by atoms with Gasteiger partial charge in [-0.2, -0.15) is 0 Å². The van der Waals surface area contributed by atoms with Crippen LogP contribution in [-0.4, -0.2) is 59.6 Å². The number of carbonyl (C=O) groups is 1. The van der Waals surface area contributed by atoms with Crippen LogP contribution in [0, 0.1) is 0 Å². The van der Waals surface area contributed by atoms with Gasteiger partial charge in [-0.25, -0.2) is 4.98 Å². The number of piperazine rings is 1. The van der Waals surface area contributed by atoms with Crippen molar-refractivity contribution in [1.82, 2.24) is 14.5 Å². The maximum atomic E-state index is 12.9. The van der Waals surface area contributed by atoms with Gasteiger partial charge in [-0.15, -0.1) is 24.8 Å². The molecule has 2 aromatic carbocycles. The summed E-state index contributed by atoms with van der Waals surface area (Å²) >= 11 is 6.16. The molecule has 0 N–H and O–H groups in total. The fraction of sp³-hybridized carbons (Fsp3) is 0.304. The van der Waals surface area contributed by atoms with Gasteiger partial charge >= 0.3 is 0 Å². The van der Waals surface area contributed by atoms with Crippen LogP contribution in [0.4, 0.5) is 11.6 Å². The molecule has 2 aliphatic rings. The van der Waals surface area contributed by atoms with Crippen molar-refractivity contribution in [2.24, 2.45) is 0 Å². The second-order valence-electron chi connectivity index (χ2n) is 7.76. The van der Waals surface area contributed by atoms with Crippen LogP contribution in [0.1, 0.15) is 5.56 Å². The third kappa shape index (κ3) is 4.89. The van der Waals surface area contributed by atoms with Crippen LogP contribution in [0.15, 0.2) is 60.9 Å². The Kier molecular flexibility index (Phi) is 8.06. The first-order valence-electron chi connectivity index (χ1n) is 10.3. The van der Waals surface area contributed by atoms with E-state index in [1.807, 2.05) is 59.8 Å². The lowest BCUT2D eigenvalue weighted by molar-refractivity contribution is -0.119. The number of hydrogen-bond acceptors (Lipinski definition) is 4. The first-order valence-corrected chi connectivity index (χ1v) is 10.7. The highest BCUT2D eigenvalue weighted by atomic mass is 35.5. The van der Waals surface area contributed by atoms with Crippen LogP contribution in [0.5, 0.6) is 0 Å². The Hall–Kier alpha value is -2.25. The van der Waals surface area contributed by atoms with Crippen LogP contribution < -0.4 is 9.80 Å². The summed E-state index contributed by atoms with van der Waals surface area (Å²) < 4.78 is 2.06. The fourth-order valence-corrected chi connectivity index (χ4v) is 4.52. The van der Waals surface area contributed by atoms with Crippen LogP contribution >= 0.6 is 36.4 Å². The van der Waals surface area contributed by atoms with Crippen molar-refractivity contribution in [2.75, 3.05) is 49.1 Å². The van der Waals surface area contributed by atoms with Gasteiger partial charge in [0.15, 0.2) is 0 Å². The lowest BCUT2D eigenvalue weighted by Gasteiger charge is -2.35. The van der Waals surface area contributed by atoms with Crippen LogP contribution in [0.25, 0.3) is 5.69 Å². The minimum Gasteiger partial charge on any atom is -0.339 e. The minimum atomic E-state index is 0. The number of para-hydroxylation sites is 1. The lowest BCUT2D eigenvalue weighted by atomic mass is 10.2. The average molecular weight is 495 g/mol. The molecule has 3 heterocycles. The minimum absolute atomic E-state index is 0. The Morgan fingerprint density at radius 1 is 0.969 bits per heavy atom. The molecule has 0 bridgehead atoms. The topological polar surface area (TPSA) is 44.6 Å². The van der Waals surface area contributed by atoms with Gasteiger partial charge in [0, 0.05) is 61.5 Å². The van der Waals surface area contributed by atoms with Crippen molar-refractivity contribution in [3.63, 3.8) is 0 Å². The summed E-state index contributed by atoms with van der Waals surface area (Å²) in [7, 11) is 0. The number of hydrogen-bond donors (Lipinski definition) is 0. The Morgan fingerprint density at radius 2 is 1.75 bits per heavy atom. The van der Waals surface area contributed by atoms with E-state index >= 15 is 0 Å². The number of nitrogens with zero attached hydrogens (tertiary/aromatic N) is 5. The van der Waals surface area contributed by atoms with E-state index < -0.39 is 0 Å². The average Bonchev–Trinajstić information content (AvgIpc) is 3.42. The van der Waals surface area contributed by atoms with Crippen molar-refractivity contribution in [1.29, 1.82) is 0 Å². The molecule has 1 amide bonds. The fourth-order valence-electron chi connectivity index (χ4n) is 4.34. The Labute approximate surface area is 205 Å². The van der Waals surface area contributed by atoms with Crippen molar-refractivity contribution < 1.29 is 4.79 Å². The highest BCUT2D eigenvalue weighted by molar-refractivity contribution is 6.30. The van der Waals surface area contributed by atoms with E-state index in [0.717, 1.165) is 56.5 Å². The summed E-state index contributed by atoms with van der Waals surface area (Å²) in [5, 5.41) is 0.707. The zero-order chi connectivity index (χ0) is 20.5. The standard InChI is InChI=1S/C23H24ClN5O.2ClH/c24-19-5-3-6-20(16-19)28-11-9-25-23(28)27-14-12-26(13-15-27)17-22(30)29-10-8-18-4-1-2-7-21(18)29;;/h1-7,9,11,16H,8,10,12-15,17H2;2*1H. The van der Waals surface area contributed by atoms with Gasteiger partial charge in [-0.1, -0.05) is 35.9 Å². The third-order valence-electron chi connectivity index (χ3n) is 5.91. The Morgan fingerprint density at radius 3 is 2.53 bits per heavy atom. The molecule has 170 valence electrons. The largest absolute Gasteiger partial charge is 0.339 e. The van der Waals surface area contributed by atoms with E-state index in [1.54, 1.807) is 0 Å². The number of aromatic nitrogens is 2. The predicted octanol–water partition coefficient (Wildman–Crippen LogP) is 4.08. The molecule has 2 aliphatic heterocycles. The molecular weight excluding hydrogens is 469 g/mol. The van der Waals surface area contributed by atoms with E-state index in [0.29, 0.717) is 11.6 Å². The molecule has 0 saturated carbocycles. The van der Waals surface area contributed by atoms with Gasteiger partial charge in [-0.3, -0.25) is 14.3 Å². The molecule has 6 nitrogen and oxygen atoms in total. The molecule has 1 aromatic heterocycles. The number of rotatable bonds is 4. The molecular formula is C23H26Cl3N5O.